The van der Waals surface area contributed by atoms with Crippen molar-refractivity contribution in [1.29, 1.82) is 0 Å². The quantitative estimate of drug-likeness (QED) is 0.905. The molecule has 27 heavy (non-hydrogen) atoms. The lowest BCUT2D eigenvalue weighted by atomic mass is 10.0. The van der Waals surface area contributed by atoms with Gasteiger partial charge in [-0.25, -0.2) is 0 Å². The van der Waals surface area contributed by atoms with Gasteiger partial charge in [-0.3, -0.25) is 9.59 Å². The number of nitrogens with one attached hydrogen (secondary N) is 1. The van der Waals surface area contributed by atoms with E-state index < -0.39 is 0 Å². The van der Waals surface area contributed by atoms with Gasteiger partial charge in [0.15, 0.2) is 0 Å². The third-order valence-corrected chi connectivity index (χ3v) is 5.43. The van der Waals surface area contributed by atoms with Crippen LogP contribution in [0.25, 0.3) is 11.1 Å². The first kappa shape index (κ1) is 17.7. The highest BCUT2D eigenvalue weighted by Gasteiger charge is 2.38. The van der Waals surface area contributed by atoms with E-state index in [0.29, 0.717) is 19.8 Å². The van der Waals surface area contributed by atoms with Gasteiger partial charge in [0.1, 0.15) is 0 Å². The molecule has 0 radical (unpaired) electrons. The molecule has 1 N–H and O–H groups in total. The Hall–Kier alpha value is -2.66. The maximum Gasteiger partial charge on any atom is 0.229 e. The molecule has 5 nitrogen and oxygen atoms in total. The summed E-state index contributed by atoms with van der Waals surface area (Å²) < 4.78 is 5.39. The van der Waals surface area contributed by atoms with E-state index in [2.05, 4.69) is 5.32 Å². The number of benzene rings is 2. The zero-order chi connectivity index (χ0) is 18.6. The average molecular weight is 364 g/mol. The second kappa shape index (κ2) is 7.92. The highest BCUT2D eigenvalue weighted by atomic mass is 16.5. The van der Waals surface area contributed by atoms with E-state index in [9.17, 15) is 9.59 Å². The van der Waals surface area contributed by atoms with Crippen molar-refractivity contribution in [2.45, 2.75) is 25.3 Å². The van der Waals surface area contributed by atoms with Gasteiger partial charge in [0.25, 0.3) is 0 Å². The zero-order valence-corrected chi connectivity index (χ0v) is 15.3. The second-order valence-electron chi connectivity index (χ2n) is 7.19. The van der Waals surface area contributed by atoms with Crippen LogP contribution in [0.1, 0.15) is 19.3 Å². The molecule has 0 aromatic heterocycles. The highest BCUT2D eigenvalue weighted by molar-refractivity contribution is 6.00. The van der Waals surface area contributed by atoms with Gasteiger partial charge in [-0.15, -0.1) is 0 Å². The molecule has 4 rings (SSSR count). The van der Waals surface area contributed by atoms with Gasteiger partial charge in [-0.05, 0) is 24.5 Å². The zero-order valence-electron chi connectivity index (χ0n) is 15.3. The smallest absolute Gasteiger partial charge is 0.229 e. The van der Waals surface area contributed by atoms with Crippen molar-refractivity contribution < 1.29 is 14.3 Å². The molecule has 2 aliphatic heterocycles. The monoisotopic (exact) mass is 364 g/mol. The van der Waals surface area contributed by atoms with Gasteiger partial charge in [0.05, 0.1) is 5.92 Å². The summed E-state index contributed by atoms with van der Waals surface area (Å²) in [7, 11) is 0. The summed E-state index contributed by atoms with van der Waals surface area (Å²) in [4.78, 5) is 27.2. The number of anilines is 1. The van der Waals surface area contributed by atoms with Crippen molar-refractivity contribution in [3.05, 3.63) is 54.6 Å². The van der Waals surface area contributed by atoms with Crippen molar-refractivity contribution in [1.82, 2.24) is 4.90 Å². The molecule has 2 aliphatic rings. The van der Waals surface area contributed by atoms with Crippen LogP contribution in [0.4, 0.5) is 5.69 Å². The van der Waals surface area contributed by atoms with Crippen LogP contribution in [0.5, 0.6) is 0 Å². The lowest BCUT2D eigenvalue weighted by molar-refractivity contribution is -0.131. The molecule has 0 saturated carbocycles. The van der Waals surface area contributed by atoms with E-state index in [1.165, 1.54) is 0 Å². The normalized spacial score (nSPS) is 20.7. The molecule has 2 aromatic rings. The van der Waals surface area contributed by atoms with Crippen LogP contribution in [0, 0.1) is 5.92 Å². The summed E-state index contributed by atoms with van der Waals surface area (Å²) in [5.41, 5.74) is 2.82. The molecule has 0 bridgehead atoms. The predicted octanol–water partition coefficient (Wildman–Crippen LogP) is 3.32. The minimum absolute atomic E-state index is 0.0818. The first-order valence-electron chi connectivity index (χ1n) is 9.55. The fraction of sp³-hybridized carbons (Fsp3) is 0.364. The van der Waals surface area contributed by atoms with E-state index in [-0.39, 0.29) is 30.2 Å². The largest absolute Gasteiger partial charge is 0.381 e. The van der Waals surface area contributed by atoms with E-state index in [1.54, 1.807) is 0 Å². The summed E-state index contributed by atoms with van der Waals surface area (Å²) >= 11 is 0. The van der Waals surface area contributed by atoms with E-state index >= 15 is 0 Å². The first-order chi connectivity index (χ1) is 13.2. The van der Waals surface area contributed by atoms with Crippen LogP contribution in [-0.2, 0) is 14.3 Å². The van der Waals surface area contributed by atoms with Crippen molar-refractivity contribution in [2.75, 3.05) is 25.1 Å². The lowest BCUT2D eigenvalue weighted by Crippen LogP contribution is -2.41. The Labute approximate surface area is 159 Å². The van der Waals surface area contributed by atoms with Crippen LogP contribution in [0.15, 0.2) is 54.6 Å². The molecule has 1 unspecified atom stereocenters. The fourth-order valence-electron chi connectivity index (χ4n) is 3.95. The van der Waals surface area contributed by atoms with Gasteiger partial charge in [0.2, 0.25) is 11.8 Å². The third-order valence-electron chi connectivity index (χ3n) is 5.43. The number of para-hydroxylation sites is 1. The molecule has 2 saturated heterocycles. The molecular formula is C22H24N2O3. The topological polar surface area (TPSA) is 58.6 Å². The fourth-order valence-corrected chi connectivity index (χ4v) is 3.95. The molecule has 0 aliphatic carbocycles. The molecule has 2 heterocycles. The molecule has 2 aromatic carbocycles. The van der Waals surface area contributed by atoms with Crippen molar-refractivity contribution in [3.8, 4) is 11.1 Å². The number of hydrogen-bond acceptors (Lipinski definition) is 3. The minimum atomic E-state index is -0.302. The first-order valence-corrected chi connectivity index (χ1v) is 9.55. The number of carbonyl (C=O) groups is 2. The number of ether oxygens (including phenoxy) is 1. The SMILES string of the molecule is O=C(Nc1ccccc1-c1ccccc1)C1CC(=O)N(C2CCOCC2)C1. The van der Waals surface area contributed by atoms with Gasteiger partial charge in [0, 0.05) is 43.5 Å². The van der Waals surface area contributed by atoms with Gasteiger partial charge in [-0.2, -0.15) is 0 Å². The number of carbonyl (C=O) groups excluding carboxylic acids is 2. The number of amides is 2. The average Bonchev–Trinajstić information content (AvgIpc) is 3.12. The molecule has 0 spiro atoms. The second-order valence-corrected chi connectivity index (χ2v) is 7.19. The number of rotatable bonds is 4. The summed E-state index contributed by atoms with van der Waals surface area (Å²) in [5.74, 6) is -0.302. The molecule has 2 amide bonds. The summed E-state index contributed by atoms with van der Waals surface area (Å²) in [6.07, 6.45) is 2.00. The molecular weight excluding hydrogens is 340 g/mol. The minimum Gasteiger partial charge on any atom is -0.381 e. The molecule has 1 atom stereocenters. The Balaban J connectivity index is 1.47. The summed E-state index contributed by atoms with van der Waals surface area (Å²) in [6, 6.07) is 18.0. The van der Waals surface area contributed by atoms with Crippen LogP contribution >= 0.6 is 0 Å². The van der Waals surface area contributed by atoms with E-state index in [1.807, 2.05) is 59.5 Å². The lowest BCUT2D eigenvalue weighted by Gasteiger charge is -2.31. The van der Waals surface area contributed by atoms with Crippen LogP contribution < -0.4 is 5.32 Å². The Morgan fingerprint density at radius 3 is 2.48 bits per heavy atom. The Bertz CT molecular complexity index is 815. The molecule has 5 heteroatoms. The van der Waals surface area contributed by atoms with Crippen molar-refractivity contribution in [3.63, 3.8) is 0 Å². The third kappa shape index (κ3) is 3.88. The van der Waals surface area contributed by atoms with Crippen LogP contribution in [-0.4, -0.2) is 42.5 Å². The standard InChI is InChI=1S/C22H24N2O3/c25-21-14-17(15-24(21)18-10-12-27-13-11-18)22(26)23-20-9-5-4-8-19(20)16-6-2-1-3-7-16/h1-9,17-18H,10-15H2,(H,23,26). The van der Waals surface area contributed by atoms with Gasteiger partial charge >= 0.3 is 0 Å². The van der Waals surface area contributed by atoms with Crippen LogP contribution in [0.3, 0.4) is 0 Å². The predicted molar refractivity (Wildman–Crippen MR) is 104 cm³/mol. The number of nitrogens with zero attached hydrogens (tertiary/aromatic N) is 1. The maximum absolute atomic E-state index is 12.9. The van der Waals surface area contributed by atoms with Crippen molar-refractivity contribution in [2.24, 2.45) is 5.92 Å². The Kier molecular flexibility index (Phi) is 5.21. The maximum atomic E-state index is 12.9. The van der Waals surface area contributed by atoms with Crippen LogP contribution in [0.2, 0.25) is 0 Å². The van der Waals surface area contributed by atoms with Gasteiger partial charge < -0.3 is 15.0 Å². The van der Waals surface area contributed by atoms with Gasteiger partial charge in [-0.1, -0.05) is 48.5 Å². The highest BCUT2D eigenvalue weighted by Crippen LogP contribution is 2.30. The number of hydrogen-bond donors (Lipinski definition) is 1. The Morgan fingerprint density at radius 1 is 1.00 bits per heavy atom. The summed E-state index contributed by atoms with van der Waals surface area (Å²) in [5, 5.41) is 3.05. The van der Waals surface area contributed by atoms with E-state index in [0.717, 1.165) is 29.7 Å². The molecule has 140 valence electrons. The Morgan fingerprint density at radius 2 is 1.70 bits per heavy atom. The summed E-state index contributed by atoms with van der Waals surface area (Å²) in [6.45, 7) is 1.88. The van der Waals surface area contributed by atoms with E-state index in [4.69, 9.17) is 4.74 Å². The molecule has 2 fully saturated rings. The number of likely N-dealkylation sites (tertiary alicyclic amines) is 1. The van der Waals surface area contributed by atoms with Crippen molar-refractivity contribution >= 4 is 17.5 Å².